The fourth-order valence-corrected chi connectivity index (χ4v) is 6.44. The van der Waals surface area contributed by atoms with E-state index in [-0.39, 0.29) is 17.7 Å². The first-order valence-corrected chi connectivity index (χ1v) is 12.9. The molecule has 11 heteroatoms. The van der Waals surface area contributed by atoms with Crippen LogP contribution in [-0.2, 0) is 19.4 Å². The van der Waals surface area contributed by atoms with E-state index in [9.17, 15) is 9.59 Å². The number of hydrogen-bond donors (Lipinski definition) is 1. The highest BCUT2D eigenvalue weighted by atomic mass is 32.1. The standard InChI is InChI=1S/C24H21N5O4S2/c1-12-28-29-19(30)10-14(25-24(29)34-12)11-33-16-8-7-13(9-17(16)32-2)21-26-22(31)20-15-5-3-4-6-18(15)35-23(20)27-21/h7-10H,3-6,11H2,1-2H3,(H,26,27,31). The van der Waals surface area contributed by atoms with Gasteiger partial charge in [0, 0.05) is 16.5 Å². The van der Waals surface area contributed by atoms with Gasteiger partial charge in [-0.1, -0.05) is 11.3 Å². The largest absolute Gasteiger partial charge is 0.493 e. The topological polar surface area (TPSA) is 111 Å². The van der Waals surface area contributed by atoms with Crippen molar-refractivity contribution in [3.05, 3.63) is 66.1 Å². The molecule has 1 aliphatic carbocycles. The molecule has 9 nitrogen and oxygen atoms in total. The normalized spacial score (nSPS) is 13.3. The predicted molar refractivity (Wildman–Crippen MR) is 135 cm³/mol. The SMILES string of the molecule is COc1cc(-c2nc3sc4c(c3c(=O)[nH]2)CCCC4)ccc1OCc1cc(=O)n2nc(C)sc2n1. The molecule has 1 aliphatic rings. The molecule has 0 amide bonds. The molecule has 1 N–H and O–H groups in total. The lowest BCUT2D eigenvalue weighted by atomic mass is 9.97. The second-order valence-electron chi connectivity index (χ2n) is 8.36. The highest BCUT2D eigenvalue weighted by molar-refractivity contribution is 7.18. The number of aryl methyl sites for hydroxylation is 3. The Morgan fingerprint density at radius 3 is 2.80 bits per heavy atom. The van der Waals surface area contributed by atoms with Gasteiger partial charge in [0.1, 0.15) is 22.3 Å². The van der Waals surface area contributed by atoms with Gasteiger partial charge in [0.15, 0.2) is 11.5 Å². The zero-order valence-electron chi connectivity index (χ0n) is 19.1. The number of aromatic amines is 1. The molecular formula is C24H21N5O4S2. The Kier molecular flexibility index (Phi) is 5.37. The third-order valence-electron chi connectivity index (χ3n) is 6.04. The van der Waals surface area contributed by atoms with Crippen molar-refractivity contribution in [2.45, 2.75) is 39.2 Å². The van der Waals surface area contributed by atoms with E-state index in [0.29, 0.717) is 28.0 Å². The van der Waals surface area contributed by atoms with E-state index >= 15 is 0 Å². The molecule has 0 saturated carbocycles. The summed E-state index contributed by atoms with van der Waals surface area (Å²) in [5.74, 6) is 1.47. The molecule has 178 valence electrons. The maximum Gasteiger partial charge on any atom is 0.275 e. The molecule has 0 radical (unpaired) electrons. The van der Waals surface area contributed by atoms with E-state index in [2.05, 4.69) is 15.1 Å². The zero-order valence-corrected chi connectivity index (χ0v) is 20.7. The number of aromatic nitrogens is 5. The van der Waals surface area contributed by atoms with Crippen LogP contribution in [0, 0.1) is 6.92 Å². The first-order valence-electron chi connectivity index (χ1n) is 11.2. The predicted octanol–water partition coefficient (Wildman–Crippen LogP) is 3.89. The van der Waals surface area contributed by atoms with Crippen molar-refractivity contribution in [3.63, 3.8) is 0 Å². The lowest BCUT2D eigenvalue weighted by Crippen LogP contribution is -2.16. The van der Waals surface area contributed by atoms with Crippen molar-refractivity contribution in [1.82, 2.24) is 24.6 Å². The molecule has 0 fully saturated rings. The molecule has 0 unspecified atom stereocenters. The molecule has 0 saturated heterocycles. The lowest BCUT2D eigenvalue weighted by Gasteiger charge is -2.12. The lowest BCUT2D eigenvalue weighted by molar-refractivity contribution is 0.281. The summed E-state index contributed by atoms with van der Waals surface area (Å²) in [5.41, 5.74) is 2.04. The smallest absolute Gasteiger partial charge is 0.275 e. The summed E-state index contributed by atoms with van der Waals surface area (Å²) >= 11 is 2.97. The first kappa shape index (κ1) is 21.9. The third-order valence-corrected chi connectivity index (χ3v) is 8.05. The Labute approximate surface area is 207 Å². The monoisotopic (exact) mass is 507 g/mol. The van der Waals surface area contributed by atoms with Gasteiger partial charge in [0.25, 0.3) is 11.1 Å². The molecule has 35 heavy (non-hydrogen) atoms. The number of rotatable bonds is 5. The number of ether oxygens (including phenoxy) is 2. The van der Waals surface area contributed by atoms with E-state index in [0.717, 1.165) is 52.0 Å². The van der Waals surface area contributed by atoms with Crippen LogP contribution in [0.1, 0.15) is 34.0 Å². The summed E-state index contributed by atoms with van der Waals surface area (Å²) in [4.78, 5) is 40.0. The molecule has 1 aromatic carbocycles. The van der Waals surface area contributed by atoms with Crippen molar-refractivity contribution in [2.75, 3.05) is 7.11 Å². The summed E-state index contributed by atoms with van der Waals surface area (Å²) in [6.07, 6.45) is 4.23. The maximum atomic E-state index is 12.9. The van der Waals surface area contributed by atoms with Crippen LogP contribution in [0.4, 0.5) is 0 Å². The van der Waals surface area contributed by atoms with Crippen molar-refractivity contribution >= 4 is 37.9 Å². The molecule has 4 heterocycles. The quantitative estimate of drug-likeness (QED) is 0.384. The summed E-state index contributed by atoms with van der Waals surface area (Å²) < 4.78 is 12.7. The van der Waals surface area contributed by atoms with Crippen LogP contribution in [0.2, 0.25) is 0 Å². The van der Waals surface area contributed by atoms with Gasteiger partial charge in [-0.25, -0.2) is 9.97 Å². The molecule has 0 atom stereocenters. The van der Waals surface area contributed by atoms with Crippen LogP contribution in [-0.4, -0.2) is 31.7 Å². The minimum Gasteiger partial charge on any atom is -0.493 e. The summed E-state index contributed by atoms with van der Waals surface area (Å²) in [7, 11) is 1.55. The third kappa shape index (κ3) is 3.90. The van der Waals surface area contributed by atoms with Crippen LogP contribution in [0.15, 0.2) is 33.9 Å². The number of H-pyrrole nitrogens is 1. The van der Waals surface area contributed by atoms with Crippen LogP contribution < -0.4 is 20.6 Å². The number of fused-ring (bicyclic) bond motifs is 4. The number of hydrogen-bond acceptors (Lipinski definition) is 9. The Morgan fingerprint density at radius 2 is 1.94 bits per heavy atom. The molecule has 0 aliphatic heterocycles. The van der Waals surface area contributed by atoms with Gasteiger partial charge < -0.3 is 14.5 Å². The number of thiophene rings is 1. The van der Waals surface area contributed by atoms with Crippen LogP contribution in [0.25, 0.3) is 26.6 Å². The number of methoxy groups -OCH3 is 1. The summed E-state index contributed by atoms with van der Waals surface area (Å²) in [5, 5.41) is 5.65. The summed E-state index contributed by atoms with van der Waals surface area (Å²) in [6, 6.07) is 6.79. The van der Waals surface area contributed by atoms with Crippen LogP contribution in [0.3, 0.4) is 0 Å². The summed E-state index contributed by atoms with van der Waals surface area (Å²) in [6.45, 7) is 1.92. The molecule has 5 aromatic rings. The Bertz CT molecular complexity index is 1720. The Hall–Kier alpha value is -3.57. The zero-order chi connectivity index (χ0) is 24.1. The second-order valence-corrected chi connectivity index (χ2v) is 10.6. The van der Waals surface area contributed by atoms with Crippen molar-refractivity contribution in [3.8, 4) is 22.9 Å². The molecule has 0 bridgehead atoms. The number of benzene rings is 1. The van der Waals surface area contributed by atoms with Gasteiger partial charge in [-0.2, -0.15) is 9.61 Å². The highest BCUT2D eigenvalue weighted by Crippen LogP contribution is 2.36. The van der Waals surface area contributed by atoms with Gasteiger partial charge in [-0.3, -0.25) is 9.59 Å². The van der Waals surface area contributed by atoms with E-state index < -0.39 is 0 Å². The maximum absolute atomic E-state index is 12.9. The Morgan fingerprint density at radius 1 is 1.09 bits per heavy atom. The molecule has 4 aromatic heterocycles. The molecule has 6 rings (SSSR count). The highest BCUT2D eigenvalue weighted by Gasteiger charge is 2.20. The molecular weight excluding hydrogens is 486 g/mol. The van der Waals surface area contributed by atoms with E-state index in [1.54, 1.807) is 30.6 Å². The van der Waals surface area contributed by atoms with Crippen LogP contribution in [0.5, 0.6) is 11.5 Å². The van der Waals surface area contributed by atoms with Crippen LogP contribution >= 0.6 is 22.7 Å². The van der Waals surface area contributed by atoms with E-state index in [1.165, 1.54) is 26.8 Å². The van der Waals surface area contributed by atoms with Gasteiger partial charge in [0.05, 0.1) is 18.2 Å². The van der Waals surface area contributed by atoms with Crippen molar-refractivity contribution in [2.24, 2.45) is 0 Å². The Balaban J connectivity index is 1.30. The average Bonchev–Trinajstić information content (AvgIpc) is 3.42. The first-order chi connectivity index (χ1) is 17.0. The van der Waals surface area contributed by atoms with Gasteiger partial charge >= 0.3 is 0 Å². The van der Waals surface area contributed by atoms with Crippen molar-refractivity contribution in [1.29, 1.82) is 0 Å². The van der Waals surface area contributed by atoms with Gasteiger partial charge in [-0.15, -0.1) is 11.3 Å². The fraction of sp³-hybridized carbons (Fsp3) is 0.292. The number of nitrogens with zero attached hydrogens (tertiary/aromatic N) is 4. The van der Waals surface area contributed by atoms with E-state index in [4.69, 9.17) is 14.5 Å². The van der Waals surface area contributed by atoms with Gasteiger partial charge in [-0.05, 0) is 56.4 Å². The molecule has 0 spiro atoms. The average molecular weight is 508 g/mol. The van der Waals surface area contributed by atoms with Gasteiger partial charge in [0.2, 0.25) is 4.96 Å². The second kappa shape index (κ2) is 8.58. The minimum atomic E-state index is -0.249. The minimum absolute atomic E-state index is 0.0974. The van der Waals surface area contributed by atoms with Crippen molar-refractivity contribution < 1.29 is 9.47 Å². The van der Waals surface area contributed by atoms with E-state index in [1.807, 2.05) is 13.0 Å². The fourth-order valence-electron chi connectivity index (χ4n) is 4.41. The number of nitrogens with one attached hydrogen (secondary N) is 1.